The zero-order chi connectivity index (χ0) is 12.2. The van der Waals surface area contributed by atoms with E-state index in [1.807, 2.05) is 20.8 Å². The van der Waals surface area contributed by atoms with Gasteiger partial charge >= 0.3 is 0 Å². The van der Waals surface area contributed by atoms with Crippen LogP contribution in [0.4, 0.5) is 0 Å². The van der Waals surface area contributed by atoms with Crippen molar-refractivity contribution in [1.82, 2.24) is 5.32 Å². The van der Waals surface area contributed by atoms with Gasteiger partial charge in [-0.1, -0.05) is 20.8 Å². The lowest BCUT2D eigenvalue weighted by atomic mass is 9.87. The summed E-state index contributed by atoms with van der Waals surface area (Å²) in [6.45, 7) is 5.25. The summed E-state index contributed by atoms with van der Waals surface area (Å²) in [4.78, 5) is 21.9. The molecule has 15 heavy (non-hydrogen) atoms. The highest BCUT2D eigenvalue weighted by molar-refractivity contribution is 5.84. The van der Waals surface area contributed by atoms with Gasteiger partial charge in [0.05, 0.1) is 12.6 Å². The Hall–Kier alpha value is -1.14. The summed E-state index contributed by atoms with van der Waals surface area (Å²) < 4.78 is 0. The predicted octanol–water partition coefficient (Wildman–Crippen LogP) is -1.68. The number of primary amides is 1. The van der Waals surface area contributed by atoms with Crippen molar-refractivity contribution in [3.8, 4) is 0 Å². The van der Waals surface area contributed by atoms with Crippen LogP contribution in [-0.4, -0.2) is 35.6 Å². The Bertz CT molecular complexity index is 247. The van der Waals surface area contributed by atoms with Gasteiger partial charge < -0.3 is 21.9 Å². The smallest absolute Gasteiger partial charge is 0.248 e. The van der Waals surface area contributed by atoms with Gasteiger partial charge in [-0.2, -0.15) is 0 Å². The van der Waals surface area contributed by atoms with Gasteiger partial charge in [-0.25, -0.2) is 0 Å². The molecule has 0 bridgehead atoms. The van der Waals surface area contributed by atoms with E-state index < -0.39 is 24.0 Å². The van der Waals surface area contributed by atoms with Crippen molar-refractivity contribution in [2.24, 2.45) is 16.9 Å². The number of aliphatic hydroxyl groups excluding tert-OH is 1. The van der Waals surface area contributed by atoms with Crippen molar-refractivity contribution < 1.29 is 14.7 Å². The minimum absolute atomic E-state index is 0.210. The number of nitrogens with one attached hydrogen (secondary N) is 1. The quantitative estimate of drug-likeness (QED) is 0.450. The molecule has 0 aromatic heterocycles. The SMILES string of the molecule is CC(C)(C)[C@H](N)C(=O)NCC(O)C(N)=O. The molecule has 2 atom stereocenters. The van der Waals surface area contributed by atoms with E-state index in [2.05, 4.69) is 5.32 Å². The van der Waals surface area contributed by atoms with Crippen LogP contribution in [0.25, 0.3) is 0 Å². The van der Waals surface area contributed by atoms with Gasteiger partial charge in [0.15, 0.2) is 0 Å². The molecule has 0 aromatic rings. The first-order valence-corrected chi connectivity index (χ1v) is 4.67. The molecular weight excluding hydrogens is 198 g/mol. The number of carbonyl (C=O) groups is 2. The number of aliphatic hydroxyl groups is 1. The second-order valence-electron chi connectivity index (χ2n) is 4.51. The first kappa shape index (κ1) is 13.9. The molecule has 0 spiro atoms. The Balaban J connectivity index is 4.11. The van der Waals surface area contributed by atoms with Crippen molar-refractivity contribution in [2.45, 2.75) is 32.9 Å². The van der Waals surface area contributed by atoms with Crippen LogP contribution in [0.3, 0.4) is 0 Å². The molecule has 0 heterocycles. The number of nitrogens with two attached hydrogens (primary N) is 2. The molecule has 0 aliphatic heterocycles. The molecule has 0 saturated heterocycles. The highest BCUT2D eigenvalue weighted by Crippen LogP contribution is 2.16. The number of rotatable bonds is 4. The van der Waals surface area contributed by atoms with Crippen LogP contribution in [0.1, 0.15) is 20.8 Å². The topological polar surface area (TPSA) is 118 Å². The number of hydrogen-bond donors (Lipinski definition) is 4. The molecule has 0 saturated carbocycles. The Morgan fingerprint density at radius 1 is 1.40 bits per heavy atom. The molecule has 0 rings (SSSR count). The van der Waals surface area contributed by atoms with Crippen LogP contribution < -0.4 is 16.8 Å². The molecule has 6 heteroatoms. The summed E-state index contributed by atoms with van der Waals surface area (Å²) in [6, 6.07) is -0.697. The molecule has 0 fully saturated rings. The number of carbonyl (C=O) groups excluding carboxylic acids is 2. The minimum atomic E-state index is -1.37. The fourth-order valence-corrected chi connectivity index (χ4v) is 0.801. The highest BCUT2D eigenvalue weighted by atomic mass is 16.3. The maximum absolute atomic E-state index is 11.4. The molecule has 6 nitrogen and oxygen atoms in total. The number of hydrogen-bond acceptors (Lipinski definition) is 4. The average molecular weight is 217 g/mol. The van der Waals surface area contributed by atoms with Crippen LogP contribution in [0.5, 0.6) is 0 Å². The third kappa shape index (κ3) is 4.75. The first-order chi connectivity index (χ1) is 6.66. The van der Waals surface area contributed by atoms with Gasteiger partial charge in [-0.3, -0.25) is 9.59 Å². The monoisotopic (exact) mass is 217 g/mol. The van der Waals surface area contributed by atoms with Crippen LogP contribution >= 0.6 is 0 Å². The second kappa shape index (κ2) is 5.09. The predicted molar refractivity (Wildman–Crippen MR) is 55.6 cm³/mol. The van der Waals surface area contributed by atoms with Gasteiger partial charge in [0.25, 0.3) is 0 Å². The molecule has 2 amide bonds. The molecular formula is C9H19N3O3. The standard InChI is InChI=1S/C9H19N3O3/c1-9(2,3)6(10)8(15)12-4-5(13)7(11)14/h5-6,13H,4,10H2,1-3H3,(H2,11,14)(H,12,15)/t5?,6-/m1/s1. The van der Waals surface area contributed by atoms with Crippen molar-refractivity contribution in [1.29, 1.82) is 0 Å². The van der Waals surface area contributed by atoms with E-state index in [1.165, 1.54) is 0 Å². The number of amides is 2. The van der Waals surface area contributed by atoms with E-state index in [1.54, 1.807) is 0 Å². The van der Waals surface area contributed by atoms with E-state index in [0.29, 0.717) is 0 Å². The first-order valence-electron chi connectivity index (χ1n) is 4.67. The summed E-state index contributed by atoms with van der Waals surface area (Å²) >= 11 is 0. The Labute approximate surface area is 89.0 Å². The van der Waals surface area contributed by atoms with Crippen LogP contribution in [0, 0.1) is 5.41 Å². The van der Waals surface area contributed by atoms with E-state index in [9.17, 15) is 9.59 Å². The molecule has 1 unspecified atom stereocenters. The van der Waals surface area contributed by atoms with Crippen molar-refractivity contribution >= 4 is 11.8 Å². The van der Waals surface area contributed by atoms with Crippen molar-refractivity contribution in [3.05, 3.63) is 0 Å². The summed E-state index contributed by atoms with van der Waals surface area (Å²) in [5.41, 5.74) is 10.1. The second-order valence-corrected chi connectivity index (χ2v) is 4.51. The van der Waals surface area contributed by atoms with E-state index in [0.717, 1.165) is 0 Å². The van der Waals surface area contributed by atoms with Gasteiger partial charge in [0.1, 0.15) is 6.10 Å². The zero-order valence-electron chi connectivity index (χ0n) is 9.28. The fourth-order valence-electron chi connectivity index (χ4n) is 0.801. The lowest BCUT2D eigenvalue weighted by Crippen LogP contribution is -2.51. The van der Waals surface area contributed by atoms with E-state index >= 15 is 0 Å². The van der Waals surface area contributed by atoms with Gasteiger partial charge in [-0.15, -0.1) is 0 Å². The maximum Gasteiger partial charge on any atom is 0.248 e. The molecule has 6 N–H and O–H groups in total. The normalized spacial score (nSPS) is 15.5. The Morgan fingerprint density at radius 3 is 2.20 bits per heavy atom. The largest absolute Gasteiger partial charge is 0.381 e. The molecule has 88 valence electrons. The molecule has 0 aliphatic rings. The van der Waals surface area contributed by atoms with Crippen LogP contribution in [0.15, 0.2) is 0 Å². The van der Waals surface area contributed by atoms with E-state index in [-0.39, 0.29) is 12.0 Å². The fraction of sp³-hybridized carbons (Fsp3) is 0.778. The Morgan fingerprint density at radius 2 is 1.87 bits per heavy atom. The molecule has 0 aliphatic carbocycles. The zero-order valence-corrected chi connectivity index (χ0v) is 9.28. The third-order valence-electron chi connectivity index (χ3n) is 2.01. The summed E-state index contributed by atoms with van der Waals surface area (Å²) in [5.74, 6) is -1.29. The molecule has 0 radical (unpaired) electrons. The molecule has 0 aromatic carbocycles. The average Bonchev–Trinajstić information content (AvgIpc) is 2.10. The lowest BCUT2D eigenvalue weighted by molar-refractivity contribution is -0.128. The summed E-state index contributed by atoms with van der Waals surface area (Å²) in [7, 11) is 0. The van der Waals surface area contributed by atoms with Crippen molar-refractivity contribution in [2.75, 3.05) is 6.54 Å². The van der Waals surface area contributed by atoms with Crippen LogP contribution in [0.2, 0.25) is 0 Å². The van der Waals surface area contributed by atoms with Crippen molar-refractivity contribution in [3.63, 3.8) is 0 Å². The summed E-state index contributed by atoms with van der Waals surface area (Å²) in [6.07, 6.45) is -1.37. The Kier molecular flexibility index (Phi) is 4.70. The summed E-state index contributed by atoms with van der Waals surface area (Å²) in [5, 5.41) is 11.4. The van der Waals surface area contributed by atoms with Gasteiger partial charge in [-0.05, 0) is 5.41 Å². The minimum Gasteiger partial charge on any atom is -0.381 e. The van der Waals surface area contributed by atoms with Gasteiger partial charge in [0.2, 0.25) is 11.8 Å². The third-order valence-corrected chi connectivity index (χ3v) is 2.01. The van der Waals surface area contributed by atoms with E-state index in [4.69, 9.17) is 16.6 Å². The highest BCUT2D eigenvalue weighted by Gasteiger charge is 2.27. The van der Waals surface area contributed by atoms with Gasteiger partial charge in [0, 0.05) is 0 Å². The lowest BCUT2D eigenvalue weighted by Gasteiger charge is -2.26. The van der Waals surface area contributed by atoms with Crippen LogP contribution in [-0.2, 0) is 9.59 Å². The maximum atomic E-state index is 11.4.